The normalized spacial score (nSPS) is 15.7. The van der Waals surface area contributed by atoms with E-state index in [4.69, 9.17) is 0 Å². The lowest BCUT2D eigenvalue weighted by Gasteiger charge is -2.14. The average molecular weight is 255 g/mol. The largest absolute Gasteiger partial charge is 0.352 e. The van der Waals surface area contributed by atoms with Crippen molar-refractivity contribution in [1.82, 2.24) is 5.32 Å². The van der Waals surface area contributed by atoms with E-state index in [1.807, 2.05) is 18.2 Å². The number of carbonyl (C=O) groups is 1. The number of hydrogen-bond donors (Lipinski definition) is 1. The van der Waals surface area contributed by atoms with Gasteiger partial charge in [-0.15, -0.1) is 0 Å². The van der Waals surface area contributed by atoms with Crippen molar-refractivity contribution in [3.8, 4) is 0 Å². The Morgan fingerprint density at radius 2 is 2.05 bits per heavy atom. The molecule has 1 atom stereocenters. The number of allylic oxidation sites excluding steroid dienone is 2. The minimum atomic E-state index is 0.0517. The Kier molecular flexibility index (Phi) is 4.96. The van der Waals surface area contributed by atoms with Crippen LogP contribution < -0.4 is 5.32 Å². The summed E-state index contributed by atoms with van der Waals surface area (Å²) in [5.74, 6) is 0.496. The highest BCUT2D eigenvalue weighted by molar-refractivity contribution is 5.96. The predicted octanol–water partition coefficient (Wildman–Crippen LogP) is 3.26. The van der Waals surface area contributed by atoms with Crippen molar-refractivity contribution in [2.75, 3.05) is 6.54 Å². The Balaban J connectivity index is 1.77. The van der Waals surface area contributed by atoms with Gasteiger partial charge in [-0.3, -0.25) is 4.79 Å². The molecule has 100 valence electrons. The van der Waals surface area contributed by atoms with Gasteiger partial charge < -0.3 is 5.32 Å². The van der Waals surface area contributed by atoms with Crippen LogP contribution in [-0.4, -0.2) is 12.5 Å². The second-order valence-electron chi connectivity index (χ2n) is 5.14. The summed E-state index contributed by atoms with van der Waals surface area (Å²) in [6.45, 7) is 2.89. The Labute approximate surface area is 115 Å². The second-order valence-corrected chi connectivity index (χ2v) is 5.14. The molecule has 1 aromatic carbocycles. The van der Waals surface area contributed by atoms with Crippen LogP contribution >= 0.6 is 0 Å². The molecule has 2 heteroatoms. The third-order valence-corrected chi connectivity index (χ3v) is 3.30. The molecule has 2 nitrogen and oxygen atoms in total. The first kappa shape index (κ1) is 13.6. The van der Waals surface area contributed by atoms with Gasteiger partial charge in [0.25, 0.3) is 5.91 Å². The quantitative estimate of drug-likeness (QED) is 0.859. The van der Waals surface area contributed by atoms with Crippen LogP contribution in [0.1, 0.15) is 25.3 Å². The molecule has 1 N–H and O–H groups in total. The molecule has 0 saturated carbocycles. The molecular weight excluding hydrogens is 234 g/mol. The molecule has 2 rings (SSSR count). The zero-order valence-corrected chi connectivity index (χ0v) is 11.4. The zero-order chi connectivity index (χ0) is 13.5. The van der Waals surface area contributed by atoms with Crippen molar-refractivity contribution in [3.63, 3.8) is 0 Å². The fraction of sp³-hybridized carbons (Fsp3) is 0.353. The monoisotopic (exact) mass is 255 g/mol. The second kappa shape index (κ2) is 6.93. The van der Waals surface area contributed by atoms with Crippen LogP contribution in [0.5, 0.6) is 0 Å². The van der Waals surface area contributed by atoms with Crippen LogP contribution in [-0.2, 0) is 11.2 Å². The fourth-order valence-electron chi connectivity index (χ4n) is 2.24. The van der Waals surface area contributed by atoms with Crippen molar-refractivity contribution >= 4 is 5.91 Å². The summed E-state index contributed by atoms with van der Waals surface area (Å²) in [7, 11) is 0. The molecule has 1 amide bonds. The maximum absolute atomic E-state index is 11.9. The molecule has 0 aromatic heterocycles. The van der Waals surface area contributed by atoms with Gasteiger partial charge in [-0.2, -0.15) is 0 Å². The SMILES string of the molecule is C[C@H](CNC(=O)C1=CCCC=C1)Cc1ccccc1. The van der Waals surface area contributed by atoms with Crippen molar-refractivity contribution in [3.05, 3.63) is 59.7 Å². The van der Waals surface area contributed by atoms with Gasteiger partial charge in [0.15, 0.2) is 0 Å². The van der Waals surface area contributed by atoms with Gasteiger partial charge >= 0.3 is 0 Å². The molecule has 0 aliphatic heterocycles. The Bertz CT molecular complexity index is 473. The average Bonchev–Trinajstić information content (AvgIpc) is 2.47. The highest BCUT2D eigenvalue weighted by Crippen LogP contribution is 2.10. The van der Waals surface area contributed by atoms with Gasteiger partial charge in [0.05, 0.1) is 0 Å². The summed E-state index contributed by atoms with van der Waals surface area (Å²) in [4.78, 5) is 11.9. The van der Waals surface area contributed by atoms with E-state index in [1.54, 1.807) is 0 Å². The third kappa shape index (κ3) is 4.40. The third-order valence-electron chi connectivity index (χ3n) is 3.30. The number of carbonyl (C=O) groups excluding carboxylic acids is 1. The lowest BCUT2D eigenvalue weighted by molar-refractivity contribution is -0.117. The summed E-state index contributed by atoms with van der Waals surface area (Å²) in [5.41, 5.74) is 2.12. The van der Waals surface area contributed by atoms with Gasteiger partial charge in [0, 0.05) is 12.1 Å². The molecule has 0 radical (unpaired) electrons. The number of hydrogen-bond acceptors (Lipinski definition) is 1. The van der Waals surface area contributed by atoms with Crippen LogP contribution in [0.3, 0.4) is 0 Å². The van der Waals surface area contributed by atoms with E-state index in [1.165, 1.54) is 5.56 Å². The smallest absolute Gasteiger partial charge is 0.250 e. The Hall–Kier alpha value is -1.83. The lowest BCUT2D eigenvalue weighted by Crippen LogP contribution is -2.30. The van der Waals surface area contributed by atoms with Crippen molar-refractivity contribution in [2.24, 2.45) is 5.92 Å². The molecule has 1 aromatic rings. The minimum absolute atomic E-state index is 0.0517. The van der Waals surface area contributed by atoms with Crippen LogP contribution in [0.15, 0.2) is 54.1 Å². The lowest BCUT2D eigenvalue weighted by atomic mass is 10.0. The zero-order valence-electron chi connectivity index (χ0n) is 11.4. The van der Waals surface area contributed by atoms with E-state index in [0.717, 1.165) is 31.4 Å². The summed E-state index contributed by atoms with van der Waals surface area (Å²) < 4.78 is 0. The fourth-order valence-corrected chi connectivity index (χ4v) is 2.24. The molecule has 0 bridgehead atoms. The van der Waals surface area contributed by atoms with E-state index in [9.17, 15) is 4.79 Å². The van der Waals surface area contributed by atoms with Gasteiger partial charge in [-0.1, -0.05) is 55.5 Å². The van der Waals surface area contributed by atoms with Crippen LogP contribution in [0.25, 0.3) is 0 Å². The topological polar surface area (TPSA) is 29.1 Å². The number of rotatable bonds is 5. The first-order chi connectivity index (χ1) is 9.25. The Morgan fingerprint density at radius 3 is 2.74 bits per heavy atom. The molecule has 0 unspecified atom stereocenters. The molecule has 19 heavy (non-hydrogen) atoms. The minimum Gasteiger partial charge on any atom is -0.352 e. The van der Waals surface area contributed by atoms with E-state index >= 15 is 0 Å². The van der Waals surface area contributed by atoms with E-state index in [2.05, 4.69) is 42.6 Å². The van der Waals surface area contributed by atoms with Gasteiger partial charge in [-0.05, 0) is 30.7 Å². The summed E-state index contributed by atoms with van der Waals surface area (Å²) >= 11 is 0. The number of amides is 1. The van der Waals surface area contributed by atoms with Crippen LogP contribution in [0, 0.1) is 5.92 Å². The molecule has 0 spiro atoms. The molecular formula is C17H21NO. The summed E-state index contributed by atoms with van der Waals surface area (Å²) in [6, 6.07) is 10.4. The Morgan fingerprint density at radius 1 is 1.26 bits per heavy atom. The van der Waals surface area contributed by atoms with E-state index in [0.29, 0.717) is 5.92 Å². The summed E-state index contributed by atoms with van der Waals surface area (Å²) in [6.07, 6.45) is 9.00. The van der Waals surface area contributed by atoms with Crippen molar-refractivity contribution in [2.45, 2.75) is 26.2 Å². The van der Waals surface area contributed by atoms with Crippen molar-refractivity contribution < 1.29 is 4.79 Å². The van der Waals surface area contributed by atoms with Gasteiger partial charge in [-0.25, -0.2) is 0 Å². The molecule has 0 saturated heterocycles. The first-order valence-corrected chi connectivity index (χ1v) is 6.94. The summed E-state index contributed by atoms with van der Waals surface area (Å²) in [5, 5.41) is 3.01. The first-order valence-electron chi connectivity index (χ1n) is 6.94. The predicted molar refractivity (Wildman–Crippen MR) is 78.8 cm³/mol. The number of benzene rings is 1. The van der Waals surface area contributed by atoms with E-state index in [-0.39, 0.29) is 5.91 Å². The standard InChI is InChI=1S/C17H21NO/c1-14(12-15-8-4-2-5-9-15)13-18-17(19)16-10-6-3-7-11-16/h2,4-6,8-11,14H,3,7,12-13H2,1H3,(H,18,19)/t14-/m0/s1. The molecule has 0 heterocycles. The molecule has 1 aliphatic rings. The van der Waals surface area contributed by atoms with Gasteiger partial charge in [0.1, 0.15) is 0 Å². The van der Waals surface area contributed by atoms with Crippen LogP contribution in [0.4, 0.5) is 0 Å². The maximum atomic E-state index is 11.9. The van der Waals surface area contributed by atoms with Crippen molar-refractivity contribution in [1.29, 1.82) is 0 Å². The van der Waals surface area contributed by atoms with Crippen LogP contribution in [0.2, 0.25) is 0 Å². The highest BCUT2D eigenvalue weighted by Gasteiger charge is 2.10. The van der Waals surface area contributed by atoms with E-state index < -0.39 is 0 Å². The van der Waals surface area contributed by atoms with Gasteiger partial charge in [0.2, 0.25) is 0 Å². The molecule has 0 fully saturated rings. The highest BCUT2D eigenvalue weighted by atomic mass is 16.1. The molecule has 1 aliphatic carbocycles. The number of nitrogens with one attached hydrogen (secondary N) is 1. The maximum Gasteiger partial charge on any atom is 0.250 e.